The molecule has 1 aromatic rings. The number of carboxylic acids is 1. The Hall–Kier alpha value is -1.69. The first kappa shape index (κ1) is 17.3. The van der Waals surface area contributed by atoms with Crippen LogP contribution >= 0.6 is 0 Å². The molecule has 0 radical (unpaired) electrons. The van der Waals surface area contributed by atoms with Gasteiger partial charge in [0, 0.05) is 17.7 Å². The Balaban J connectivity index is 0.000000362. The standard InChI is InChI=1S/C8H12N2O.C5H11NO2/c1-5(2)8-9-6(3)4-7(11)10-8;1-3(2)4(6)5(7)8/h4-5H,1-3H3,(H,9,10,11);3-4H,6H2,1-2H3,(H,7,8)/t;4-/m.0/s1. The third-order valence-electron chi connectivity index (χ3n) is 2.45. The van der Waals surface area contributed by atoms with Crippen molar-refractivity contribution in [2.24, 2.45) is 11.7 Å². The van der Waals surface area contributed by atoms with Crippen LogP contribution < -0.4 is 11.3 Å². The van der Waals surface area contributed by atoms with Gasteiger partial charge < -0.3 is 15.8 Å². The number of hydrogen-bond acceptors (Lipinski definition) is 4. The first-order valence-electron chi connectivity index (χ1n) is 6.21. The molecule has 0 spiro atoms. The highest BCUT2D eigenvalue weighted by Crippen LogP contribution is 2.05. The number of H-pyrrole nitrogens is 1. The summed E-state index contributed by atoms with van der Waals surface area (Å²) in [5, 5.41) is 8.23. The lowest BCUT2D eigenvalue weighted by molar-refractivity contribution is -0.139. The summed E-state index contributed by atoms with van der Waals surface area (Å²) in [5.41, 5.74) is 5.87. The van der Waals surface area contributed by atoms with E-state index in [2.05, 4.69) is 9.97 Å². The highest BCUT2D eigenvalue weighted by atomic mass is 16.4. The fourth-order valence-electron chi connectivity index (χ4n) is 1.16. The molecule has 108 valence electrons. The Bertz CT molecular complexity index is 466. The van der Waals surface area contributed by atoms with Crippen molar-refractivity contribution >= 4 is 5.97 Å². The van der Waals surface area contributed by atoms with Crippen LogP contribution in [0.2, 0.25) is 0 Å². The number of rotatable bonds is 3. The summed E-state index contributed by atoms with van der Waals surface area (Å²) in [5.74, 6) is 0.130. The number of aliphatic carboxylic acids is 1. The SMILES string of the molecule is CC(C)[C@H](N)C(=O)O.Cc1cc(=O)nc(C(C)C)[nH]1. The molecule has 0 aliphatic rings. The fraction of sp³-hybridized carbons (Fsp3) is 0.615. The first-order valence-corrected chi connectivity index (χ1v) is 6.21. The van der Waals surface area contributed by atoms with Crippen LogP contribution in [-0.2, 0) is 4.79 Å². The van der Waals surface area contributed by atoms with E-state index in [1.165, 1.54) is 6.07 Å². The van der Waals surface area contributed by atoms with Crippen LogP contribution in [0.25, 0.3) is 0 Å². The number of carboxylic acid groups (broad SMARTS) is 1. The van der Waals surface area contributed by atoms with E-state index in [1.54, 1.807) is 13.8 Å². The molecule has 19 heavy (non-hydrogen) atoms. The quantitative estimate of drug-likeness (QED) is 0.765. The molecule has 0 aromatic carbocycles. The van der Waals surface area contributed by atoms with Crippen molar-refractivity contribution in [3.63, 3.8) is 0 Å². The van der Waals surface area contributed by atoms with E-state index in [4.69, 9.17) is 10.8 Å². The van der Waals surface area contributed by atoms with E-state index in [0.717, 1.165) is 11.5 Å². The number of carbonyl (C=O) groups is 1. The largest absolute Gasteiger partial charge is 0.480 e. The van der Waals surface area contributed by atoms with E-state index >= 15 is 0 Å². The van der Waals surface area contributed by atoms with Crippen LogP contribution in [-0.4, -0.2) is 27.1 Å². The molecule has 0 saturated carbocycles. The second kappa shape index (κ2) is 7.68. The number of hydrogen-bond donors (Lipinski definition) is 3. The van der Waals surface area contributed by atoms with Crippen molar-refractivity contribution in [3.05, 3.63) is 27.9 Å². The molecule has 4 N–H and O–H groups in total. The monoisotopic (exact) mass is 269 g/mol. The lowest BCUT2D eigenvalue weighted by Crippen LogP contribution is -2.34. The van der Waals surface area contributed by atoms with Crippen LogP contribution in [0.4, 0.5) is 0 Å². The van der Waals surface area contributed by atoms with Crippen molar-refractivity contribution < 1.29 is 9.90 Å². The van der Waals surface area contributed by atoms with Gasteiger partial charge in [0.15, 0.2) is 0 Å². The topological polar surface area (TPSA) is 109 Å². The highest BCUT2D eigenvalue weighted by molar-refractivity contribution is 5.73. The third kappa shape index (κ3) is 6.71. The fourth-order valence-corrected chi connectivity index (χ4v) is 1.16. The second-order valence-electron chi connectivity index (χ2n) is 5.05. The Kier molecular flexibility index (Phi) is 7.00. The van der Waals surface area contributed by atoms with Crippen LogP contribution in [0.3, 0.4) is 0 Å². The molecule has 0 amide bonds. The number of aromatic nitrogens is 2. The van der Waals surface area contributed by atoms with Gasteiger partial charge in [0.1, 0.15) is 11.9 Å². The first-order chi connectivity index (χ1) is 8.65. The minimum absolute atomic E-state index is 0.0208. The maximum absolute atomic E-state index is 10.9. The molecule has 0 fully saturated rings. The number of aromatic amines is 1. The van der Waals surface area contributed by atoms with E-state index < -0.39 is 12.0 Å². The summed E-state index contributed by atoms with van der Waals surface area (Å²) >= 11 is 0. The minimum Gasteiger partial charge on any atom is -0.480 e. The van der Waals surface area contributed by atoms with Gasteiger partial charge in [-0.3, -0.25) is 9.59 Å². The number of aryl methyl sites for hydroxylation is 1. The van der Waals surface area contributed by atoms with Gasteiger partial charge in [0.2, 0.25) is 0 Å². The predicted octanol–water partition coefficient (Wildman–Crippen LogP) is 1.26. The third-order valence-corrected chi connectivity index (χ3v) is 2.45. The molecule has 1 atom stereocenters. The molecule has 0 aliphatic heterocycles. The van der Waals surface area contributed by atoms with Crippen LogP contribution in [0, 0.1) is 12.8 Å². The van der Waals surface area contributed by atoms with Crippen molar-refractivity contribution in [1.29, 1.82) is 0 Å². The van der Waals surface area contributed by atoms with Gasteiger partial charge in [0.25, 0.3) is 5.56 Å². The number of nitrogens with zero attached hydrogens (tertiary/aromatic N) is 1. The lowest BCUT2D eigenvalue weighted by Gasteiger charge is -2.07. The summed E-state index contributed by atoms with van der Waals surface area (Å²) in [6.07, 6.45) is 0. The summed E-state index contributed by atoms with van der Waals surface area (Å²) in [6, 6.07) is 0.779. The Morgan fingerprint density at radius 3 is 2.16 bits per heavy atom. The Morgan fingerprint density at radius 1 is 1.37 bits per heavy atom. The van der Waals surface area contributed by atoms with Crippen LogP contribution in [0.1, 0.15) is 45.1 Å². The van der Waals surface area contributed by atoms with E-state index in [-0.39, 0.29) is 17.4 Å². The van der Waals surface area contributed by atoms with Gasteiger partial charge in [-0.2, -0.15) is 4.98 Å². The van der Waals surface area contributed by atoms with Gasteiger partial charge in [0.05, 0.1) is 0 Å². The maximum Gasteiger partial charge on any atom is 0.320 e. The number of nitrogens with one attached hydrogen (secondary N) is 1. The van der Waals surface area contributed by atoms with Gasteiger partial charge in [-0.05, 0) is 12.8 Å². The zero-order chi connectivity index (χ0) is 15.2. The molecule has 0 aliphatic carbocycles. The average Bonchev–Trinajstić information content (AvgIpc) is 2.27. The lowest BCUT2D eigenvalue weighted by atomic mass is 10.1. The van der Waals surface area contributed by atoms with E-state index in [1.807, 2.05) is 20.8 Å². The Morgan fingerprint density at radius 2 is 1.89 bits per heavy atom. The molecule has 6 nitrogen and oxygen atoms in total. The number of nitrogens with two attached hydrogens (primary N) is 1. The zero-order valence-electron chi connectivity index (χ0n) is 12.1. The molecular weight excluding hydrogens is 246 g/mol. The summed E-state index contributed by atoms with van der Waals surface area (Å²) < 4.78 is 0. The zero-order valence-corrected chi connectivity index (χ0v) is 12.1. The smallest absolute Gasteiger partial charge is 0.320 e. The molecule has 0 bridgehead atoms. The Labute approximate surface area is 113 Å². The molecule has 6 heteroatoms. The van der Waals surface area contributed by atoms with Gasteiger partial charge in [-0.1, -0.05) is 27.7 Å². The van der Waals surface area contributed by atoms with Crippen LogP contribution in [0.15, 0.2) is 10.9 Å². The molecule has 0 unspecified atom stereocenters. The molecule has 1 aromatic heterocycles. The summed E-state index contributed by atoms with van der Waals surface area (Å²) in [7, 11) is 0. The van der Waals surface area contributed by atoms with Crippen LogP contribution in [0.5, 0.6) is 0 Å². The van der Waals surface area contributed by atoms with Gasteiger partial charge >= 0.3 is 5.97 Å². The second-order valence-corrected chi connectivity index (χ2v) is 5.05. The average molecular weight is 269 g/mol. The van der Waals surface area contributed by atoms with Gasteiger partial charge in [-0.15, -0.1) is 0 Å². The van der Waals surface area contributed by atoms with E-state index in [0.29, 0.717) is 0 Å². The van der Waals surface area contributed by atoms with Crippen molar-refractivity contribution in [2.75, 3.05) is 0 Å². The maximum atomic E-state index is 10.9. The molecule has 1 heterocycles. The van der Waals surface area contributed by atoms with Gasteiger partial charge in [-0.25, -0.2) is 0 Å². The van der Waals surface area contributed by atoms with Crippen molar-refractivity contribution in [3.8, 4) is 0 Å². The molecule has 0 saturated heterocycles. The normalized spacial score (nSPS) is 12.0. The highest BCUT2D eigenvalue weighted by Gasteiger charge is 2.14. The molecule has 1 rings (SSSR count). The summed E-state index contributed by atoms with van der Waals surface area (Å²) in [4.78, 5) is 27.8. The minimum atomic E-state index is -0.931. The van der Waals surface area contributed by atoms with E-state index in [9.17, 15) is 9.59 Å². The predicted molar refractivity (Wildman–Crippen MR) is 74.1 cm³/mol. The molecular formula is C13H23N3O3. The van der Waals surface area contributed by atoms with Crippen molar-refractivity contribution in [1.82, 2.24) is 9.97 Å². The summed E-state index contributed by atoms with van der Waals surface area (Å²) in [6.45, 7) is 9.40. The van der Waals surface area contributed by atoms with Crippen molar-refractivity contribution in [2.45, 2.75) is 46.6 Å².